The number of aromatic amines is 1. The number of unbranched alkanes of at least 4 members (excludes halogenated alkanes) is 1. The van der Waals surface area contributed by atoms with E-state index in [0.29, 0.717) is 30.9 Å². The van der Waals surface area contributed by atoms with Gasteiger partial charge in [-0.2, -0.15) is 0 Å². The summed E-state index contributed by atoms with van der Waals surface area (Å²) in [5.41, 5.74) is 5.59. The molecule has 4 aromatic carbocycles. The quantitative estimate of drug-likeness (QED) is 0.0541. The van der Waals surface area contributed by atoms with E-state index in [1.807, 2.05) is 66.7 Å². The first-order chi connectivity index (χ1) is 24.3. The van der Waals surface area contributed by atoms with E-state index in [4.69, 9.17) is 9.16 Å². The van der Waals surface area contributed by atoms with Gasteiger partial charge in [0.15, 0.2) is 8.32 Å². The highest BCUT2D eigenvalue weighted by Crippen LogP contribution is 2.41. The van der Waals surface area contributed by atoms with Crippen molar-refractivity contribution >= 4 is 31.0 Å². The second-order valence-corrected chi connectivity index (χ2v) is 19.2. The van der Waals surface area contributed by atoms with Crippen LogP contribution in [0.15, 0.2) is 102 Å². The van der Waals surface area contributed by atoms with E-state index in [1.165, 1.54) is 6.07 Å². The Hall–Kier alpha value is -4.90. The van der Waals surface area contributed by atoms with Gasteiger partial charge in [-0.25, -0.2) is 4.79 Å². The van der Waals surface area contributed by atoms with Gasteiger partial charge in [0, 0.05) is 30.1 Å². The van der Waals surface area contributed by atoms with Crippen LogP contribution in [0, 0.1) is 0 Å². The second-order valence-electron chi connectivity index (χ2n) is 14.4. The number of carboxylic acid groups (broad SMARTS) is 1. The number of nitrogens with one attached hydrogen (secondary N) is 3. The molecule has 1 atom stereocenters. The average Bonchev–Trinajstić information content (AvgIpc) is 3.08. The molecule has 0 unspecified atom stereocenters. The molecule has 51 heavy (non-hydrogen) atoms. The summed E-state index contributed by atoms with van der Waals surface area (Å²) in [6.07, 6.45) is 1.17. The number of hydrogen-bond donors (Lipinski definition) is 5. The van der Waals surface area contributed by atoms with Crippen LogP contribution in [0.5, 0.6) is 11.5 Å². The molecule has 0 spiro atoms. The van der Waals surface area contributed by atoms with Gasteiger partial charge in [0.05, 0.1) is 23.9 Å². The van der Waals surface area contributed by atoms with Crippen molar-refractivity contribution in [1.29, 1.82) is 0 Å². The molecule has 1 aromatic heterocycles. The lowest BCUT2D eigenvalue weighted by Crippen LogP contribution is -2.43. The van der Waals surface area contributed by atoms with E-state index in [9.17, 15) is 19.8 Å². The van der Waals surface area contributed by atoms with Crippen LogP contribution in [-0.2, 0) is 17.4 Å². The highest BCUT2D eigenvalue weighted by Gasteiger charge is 2.39. The van der Waals surface area contributed by atoms with Crippen LogP contribution < -0.4 is 20.9 Å². The normalized spacial score (nSPS) is 12.5. The number of pyridine rings is 1. The minimum Gasteiger partial charge on any atom is -0.506 e. The van der Waals surface area contributed by atoms with Crippen LogP contribution in [0.3, 0.4) is 0 Å². The molecule has 0 fully saturated rings. The standard InChI is InChI=1S/C41H49N3O6Si/c1-41(2,3)51(4,5)50-37(33-19-21-36(45)39-34(33)20-22-38(46)44-39)27-42-26-29-13-11-16-31(24-29)49-23-10-9-12-28-17-18-32(30-14-7-6-8-15-30)35(25-28)43-40(47)48/h6-8,11,13-22,24-25,37,42-43,45H,9-10,12,23,26-27H2,1-5H3,(H,44,46)(H,47,48)/t37-/m0/s1. The average molecular weight is 708 g/mol. The zero-order valence-corrected chi connectivity index (χ0v) is 31.1. The predicted octanol–water partition coefficient (Wildman–Crippen LogP) is 9.25. The largest absolute Gasteiger partial charge is 0.506 e. The van der Waals surface area contributed by atoms with Crippen molar-refractivity contribution in [2.75, 3.05) is 18.5 Å². The van der Waals surface area contributed by atoms with E-state index in [2.05, 4.69) is 61.6 Å². The maximum absolute atomic E-state index is 12.1. The lowest BCUT2D eigenvalue weighted by Gasteiger charge is -2.39. The van der Waals surface area contributed by atoms with E-state index >= 15 is 0 Å². The number of rotatable bonds is 15. The lowest BCUT2D eigenvalue weighted by molar-refractivity contribution is 0.181. The van der Waals surface area contributed by atoms with Crippen molar-refractivity contribution in [2.24, 2.45) is 0 Å². The molecule has 5 rings (SSSR count). The zero-order chi connectivity index (χ0) is 36.6. The van der Waals surface area contributed by atoms with Gasteiger partial charge < -0.3 is 29.7 Å². The molecule has 0 radical (unpaired) electrons. The minimum absolute atomic E-state index is 0.00848. The fraction of sp³-hybridized carbons (Fsp3) is 0.317. The molecule has 1 amide bonds. The number of fused-ring (bicyclic) bond motifs is 1. The van der Waals surface area contributed by atoms with Crippen LogP contribution in [0.2, 0.25) is 18.1 Å². The van der Waals surface area contributed by atoms with Crippen LogP contribution in [-0.4, -0.2) is 42.8 Å². The van der Waals surface area contributed by atoms with Gasteiger partial charge in [0.1, 0.15) is 11.5 Å². The van der Waals surface area contributed by atoms with Gasteiger partial charge in [-0.05, 0) is 90.0 Å². The SMILES string of the molecule is CC(C)(C)[Si](C)(C)O[C@@H](CNCc1cccc(OCCCCc2ccc(-c3ccccc3)c(NC(=O)O)c2)c1)c1ccc(O)c2[nH]c(=O)ccc12. The summed E-state index contributed by atoms with van der Waals surface area (Å²) in [6.45, 7) is 12.8. The molecule has 0 aliphatic rings. The van der Waals surface area contributed by atoms with Crippen molar-refractivity contribution < 1.29 is 24.2 Å². The third-order valence-corrected chi connectivity index (χ3v) is 14.1. The third kappa shape index (κ3) is 9.88. The smallest absolute Gasteiger partial charge is 0.409 e. The number of phenols is 1. The molecule has 10 heteroatoms. The number of benzene rings is 4. The summed E-state index contributed by atoms with van der Waals surface area (Å²) in [5, 5.41) is 26.8. The minimum atomic E-state index is -2.19. The summed E-state index contributed by atoms with van der Waals surface area (Å²) in [4.78, 5) is 26.3. The topological polar surface area (TPSA) is 133 Å². The number of phenolic OH excluding ortho intramolecular Hbond substituents is 1. The molecule has 9 nitrogen and oxygen atoms in total. The Morgan fingerprint density at radius 2 is 1.69 bits per heavy atom. The Kier molecular flexibility index (Phi) is 12.0. The summed E-state index contributed by atoms with van der Waals surface area (Å²) in [5.74, 6) is 0.832. The Bertz CT molecular complexity index is 2010. The molecule has 0 saturated heterocycles. The number of aromatic hydroxyl groups is 1. The van der Waals surface area contributed by atoms with Gasteiger partial charge in [-0.1, -0.05) is 81.4 Å². The Morgan fingerprint density at radius 3 is 2.43 bits per heavy atom. The van der Waals surface area contributed by atoms with Crippen molar-refractivity contribution in [3.05, 3.63) is 124 Å². The van der Waals surface area contributed by atoms with Crippen LogP contribution in [0.25, 0.3) is 22.0 Å². The van der Waals surface area contributed by atoms with Crippen LogP contribution in [0.4, 0.5) is 10.5 Å². The summed E-state index contributed by atoms with van der Waals surface area (Å²) in [7, 11) is -2.19. The Labute approximate surface area is 300 Å². The van der Waals surface area contributed by atoms with Gasteiger partial charge in [0.25, 0.3) is 0 Å². The number of amides is 1. The molecule has 0 bridgehead atoms. The first-order valence-corrected chi connectivity index (χ1v) is 20.3. The molecule has 0 saturated carbocycles. The maximum atomic E-state index is 12.1. The number of aryl methyl sites for hydroxylation is 1. The zero-order valence-electron chi connectivity index (χ0n) is 30.1. The second kappa shape index (κ2) is 16.4. The highest BCUT2D eigenvalue weighted by molar-refractivity contribution is 6.74. The number of H-pyrrole nitrogens is 1. The first-order valence-electron chi connectivity index (χ1n) is 17.4. The molecule has 268 valence electrons. The molecule has 1 heterocycles. The fourth-order valence-electron chi connectivity index (χ4n) is 5.84. The van der Waals surface area contributed by atoms with Crippen molar-refractivity contribution in [2.45, 2.75) is 70.8 Å². The van der Waals surface area contributed by atoms with Crippen LogP contribution >= 0.6 is 0 Å². The number of ether oxygens (including phenoxy) is 1. The Balaban J connectivity index is 1.17. The van der Waals surface area contributed by atoms with E-state index in [1.54, 1.807) is 12.1 Å². The Morgan fingerprint density at radius 1 is 0.902 bits per heavy atom. The number of anilines is 1. The number of hydrogen-bond acceptors (Lipinski definition) is 6. The maximum Gasteiger partial charge on any atom is 0.409 e. The van der Waals surface area contributed by atoms with Crippen molar-refractivity contribution in [3.8, 4) is 22.6 Å². The van der Waals surface area contributed by atoms with Crippen LogP contribution in [0.1, 0.15) is 56.4 Å². The molecule has 5 aromatic rings. The summed E-state index contributed by atoms with van der Waals surface area (Å²) < 4.78 is 13.1. The highest BCUT2D eigenvalue weighted by atomic mass is 28.4. The molecule has 0 aliphatic heterocycles. The van der Waals surface area contributed by atoms with Gasteiger partial charge in [-0.3, -0.25) is 10.1 Å². The van der Waals surface area contributed by atoms with Gasteiger partial charge in [0.2, 0.25) is 5.56 Å². The molecule has 5 N–H and O–H groups in total. The summed E-state index contributed by atoms with van der Waals surface area (Å²) in [6, 6.07) is 30.5. The number of aromatic nitrogens is 1. The van der Waals surface area contributed by atoms with E-state index < -0.39 is 14.4 Å². The summed E-state index contributed by atoms with van der Waals surface area (Å²) >= 11 is 0. The fourth-order valence-corrected chi connectivity index (χ4v) is 7.11. The lowest BCUT2D eigenvalue weighted by atomic mass is 9.99. The van der Waals surface area contributed by atoms with Gasteiger partial charge >= 0.3 is 6.09 Å². The molecular formula is C41H49N3O6Si. The molecular weight excluding hydrogens is 659 g/mol. The van der Waals surface area contributed by atoms with E-state index in [0.717, 1.165) is 58.2 Å². The molecule has 0 aliphatic carbocycles. The third-order valence-electron chi connectivity index (χ3n) is 9.59. The van der Waals surface area contributed by atoms with Crippen molar-refractivity contribution in [3.63, 3.8) is 0 Å². The van der Waals surface area contributed by atoms with Crippen molar-refractivity contribution in [1.82, 2.24) is 10.3 Å². The van der Waals surface area contributed by atoms with E-state index in [-0.39, 0.29) is 22.5 Å². The first kappa shape index (κ1) is 37.4. The monoisotopic (exact) mass is 707 g/mol. The predicted molar refractivity (Wildman–Crippen MR) is 207 cm³/mol. The van der Waals surface area contributed by atoms with Gasteiger partial charge in [-0.15, -0.1) is 0 Å². The number of carbonyl (C=O) groups is 1.